The largest absolute Gasteiger partial charge is 0.294 e. The molecule has 0 aromatic heterocycles. The van der Waals surface area contributed by atoms with Gasteiger partial charge >= 0.3 is 0 Å². The summed E-state index contributed by atoms with van der Waals surface area (Å²) in [4.78, 5) is 11.5. The predicted octanol–water partition coefficient (Wildman–Crippen LogP) is 2.95. The number of carbonyl (C=O) groups is 1. The van der Waals surface area contributed by atoms with E-state index < -0.39 is 0 Å². The fourth-order valence-electron chi connectivity index (χ4n) is 1.26. The molecule has 0 spiro atoms. The number of rotatable bonds is 5. The van der Waals surface area contributed by atoms with Gasteiger partial charge in [0, 0.05) is 18.4 Å². The zero-order valence-corrected chi connectivity index (χ0v) is 8.07. The SMILES string of the molecule is N#CCCCCC(=O)c1ccccc1. The molecule has 1 aromatic rings. The van der Waals surface area contributed by atoms with E-state index in [2.05, 4.69) is 6.07 Å². The van der Waals surface area contributed by atoms with E-state index in [-0.39, 0.29) is 5.78 Å². The van der Waals surface area contributed by atoms with Gasteiger partial charge in [-0.15, -0.1) is 0 Å². The summed E-state index contributed by atoms with van der Waals surface area (Å²) in [6.45, 7) is 0. The van der Waals surface area contributed by atoms with E-state index in [4.69, 9.17) is 5.26 Å². The van der Waals surface area contributed by atoms with Gasteiger partial charge in [-0.2, -0.15) is 5.26 Å². The molecule has 2 nitrogen and oxygen atoms in total. The molecule has 14 heavy (non-hydrogen) atoms. The summed E-state index contributed by atoms with van der Waals surface area (Å²) in [6, 6.07) is 11.3. The van der Waals surface area contributed by atoms with Gasteiger partial charge in [0.25, 0.3) is 0 Å². The van der Waals surface area contributed by atoms with Crippen molar-refractivity contribution in [1.82, 2.24) is 0 Å². The molecule has 0 N–H and O–H groups in total. The quantitative estimate of drug-likeness (QED) is 0.525. The summed E-state index contributed by atoms with van der Waals surface area (Å²) in [7, 11) is 0. The summed E-state index contributed by atoms with van der Waals surface area (Å²) < 4.78 is 0. The van der Waals surface area contributed by atoms with Crippen molar-refractivity contribution in [3.8, 4) is 6.07 Å². The number of carbonyl (C=O) groups excluding carboxylic acids is 1. The first-order chi connectivity index (χ1) is 6.84. The van der Waals surface area contributed by atoms with Crippen LogP contribution in [-0.2, 0) is 0 Å². The highest BCUT2D eigenvalue weighted by Crippen LogP contribution is 2.07. The van der Waals surface area contributed by atoms with Crippen LogP contribution in [0.4, 0.5) is 0 Å². The van der Waals surface area contributed by atoms with Crippen LogP contribution >= 0.6 is 0 Å². The molecule has 1 aromatic carbocycles. The molecule has 0 atom stereocenters. The third-order valence-corrected chi connectivity index (χ3v) is 2.04. The molecule has 0 aliphatic rings. The molecule has 0 fully saturated rings. The Morgan fingerprint density at radius 1 is 1.21 bits per heavy atom. The molecule has 0 saturated carbocycles. The summed E-state index contributed by atoms with van der Waals surface area (Å²) >= 11 is 0. The lowest BCUT2D eigenvalue weighted by atomic mass is 10.1. The highest BCUT2D eigenvalue weighted by Gasteiger charge is 2.03. The monoisotopic (exact) mass is 187 g/mol. The van der Waals surface area contributed by atoms with E-state index in [0.717, 1.165) is 18.4 Å². The number of nitriles is 1. The second-order valence-corrected chi connectivity index (χ2v) is 3.15. The molecule has 0 heterocycles. The zero-order chi connectivity index (χ0) is 10.2. The molecule has 0 aliphatic heterocycles. The lowest BCUT2D eigenvalue weighted by Gasteiger charge is -1.98. The van der Waals surface area contributed by atoms with Crippen molar-refractivity contribution in [2.75, 3.05) is 0 Å². The van der Waals surface area contributed by atoms with Crippen LogP contribution in [0.2, 0.25) is 0 Å². The Balaban J connectivity index is 2.33. The standard InChI is InChI=1S/C12H13NO/c13-10-6-2-5-9-12(14)11-7-3-1-4-8-11/h1,3-4,7-8H,2,5-6,9H2. The Kier molecular flexibility index (Phi) is 4.43. The molecule has 0 radical (unpaired) electrons. The van der Waals surface area contributed by atoms with Gasteiger partial charge in [-0.25, -0.2) is 0 Å². The predicted molar refractivity (Wildman–Crippen MR) is 54.9 cm³/mol. The fourth-order valence-corrected chi connectivity index (χ4v) is 1.26. The van der Waals surface area contributed by atoms with Gasteiger partial charge < -0.3 is 0 Å². The van der Waals surface area contributed by atoms with E-state index >= 15 is 0 Å². The average molecular weight is 187 g/mol. The zero-order valence-electron chi connectivity index (χ0n) is 8.07. The highest BCUT2D eigenvalue weighted by molar-refractivity contribution is 5.95. The molecular weight excluding hydrogens is 174 g/mol. The van der Waals surface area contributed by atoms with Crippen LogP contribution in [0.1, 0.15) is 36.0 Å². The Morgan fingerprint density at radius 3 is 2.57 bits per heavy atom. The minimum absolute atomic E-state index is 0.170. The molecule has 0 bridgehead atoms. The van der Waals surface area contributed by atoms with Crippen LogP contribution in [0, 0.1) is 11.3 Å². The Bertz CT molecular complexity index is 324. The molecule has 0 aliphatic carbocycles. The number of nitrogens with zero attached hydrogens (tertiary/aromatic N) is 1. The Labute approximate surface area is 84.2 Å². The lowest BCUT2D eigenvalue weighted by Crippen LogP contribution is -1.97. The first-order valence-corrected chi connectivity index (χ1v) is 4.80. The van der Waals surface area contributed by atoms with Gasteiger partial charge in [-0.05, 0) is 12.8 Å². The number of benzene rings is 1. The van der Waals surface area contributed by atoms with Gasteiger partial charge in [0.2, 0.25) is 0 Å². The van der Waals surface area contributed by atoms with Crippen LogP contribution in [0.5, 0.6) is 0 Å². The molecule has 0 unspecified atom stereocenters. The average Bonchev–Trinajstić information content (AvgIpc) is 2.25. The van der Waals surface area contributed by atoms with Crippen LogP contribution in [0.15, 0.2) is 30.3 Å². The molecule has 0 amide bonds. The van der Waals surface area contributed by atoms with Crippen molar-refractivity contribution in [2.45, 2.75) is 25.7 Å². The second kappa shape index (κ2) is 5.93. The maximum atomic E-state index is 11.5. The fraction of sp³-hybridized carbons (Fsp3) is 0.333. The van der Waals surface area contributed by atoms with Crippen molar-refractivity contribution >= 4 is 5.78 Å². The van der Waals surface area contributed by atoms with Crippen molar-refractivity contribution in [2.24, 2.45) is 0 Å². The molecule has 0 saturated heterocycles. The van der Waals surface area contributed by atoms with Gasteiger partial charge in [0.05, 0.1) is 6.07 Å². The molecule has 1 rings (SSSR count). The van der Waals surface area contributed by atoms with Crippen molar-refractivity contribution < 1.29 is 4.79 Å². The van der Waals surface area contributed by atoms with Crippen molar-refractivity contribution in [1.29, 1.82) is 5.26 Å². The first-order valence-electron chi connectivity index (χ1n) is 4.80. The smallest absolute Gasteiger partial charge is 0.162 e. The van der Waals surface area contributed by atoms with Crippen molar-refractivity contribution in [3.05, 3.63) is 35.9 Å². The Morgan fingerprint density at radius 2 is 1.93 bits per heavy atom. The topological polar surface area (TPSA) is 40.9 Å². The maximum absolute atomic E-state index is 11.5. The van der Waals surface area contributed by atoms with Crippen LogP contribution in [-0.4, -0.2) is 5.78 Å². The molecular formula is C12H13NO. The van der Waals surface area contributed by atoms with Gasteiger partial charge in [-0.1, -0.05) is 30.3 Å². The van der Waals surface area contributed by atoms with Crippen LogP contribution in [0.3, 0.4) is 0 Å². The third-order valence-electron chi connectivity index (χ3n) is 2.04. The van der Waals surface area contributed by atoms with Crippen LogP contribution in [0.25, 0.3) is 0 Å². The molecule has 2 heteroatoms. The number of Topliss-reactive ketones (excluding diaryl/α,β-unsaturated/α-hetero) is 1. The minimum Gasteiger partial charge on any atom is -0.294 e. The number of ketones is 1. The van der Waals surface area contributed by atoms with Crippen molar-refractivity contribution in [3.63, 3.8) is 0 Å². The summed E-state index contributed by atoms with van der Waals surface area (Å²) in [6.07, 6.45) is 2.71. The number of hydrogen-bond donors (Lipinski definition) is 0. The van der Waals surface area contributed by atoms with E-state index in [0.29, 0.717) is 12.8 Å². The third kappa shape index (κ3) is 3.40. The van der Waals surface area contributed by atoms with Gasteiger partial charge in [0.15, 0.2) is 5.78 Å². The Hall–Kier alpha value is -1.62. The highest BCUT2D eigenvalue weighted by atomic mass is 16.1. The maximum Gasteiger partial charge on any atom is 0.162 e. The van der Waals surface area contributed by atoms with E-state index in [1.54, 1.807) is 0 Å². The molecule has 72 valence electrons. The normalized spacial score (nSPS) is 9.36. The van der Waals surface area contributed by atoms with E-state index in [9.17, 15) is 4.79 Å². The lowest BCUT2D eigenvalue weighted by molar-refractivity contribution is 0.0979. The van der Waals surface area contributed by atoms with Crippen LogP contribution < -0.4 is 0 Å². The second-order valence-electron chi connectivity index (χ2n) is 3.15. The summed E-state index contributed by atoms with van der Waals surface area (Å²) in [5, 5.41) is 8.31. The summed E-state index contributed by atoms with van der Waals surface area (Å²) in [5.41, 5.74) is 0.768. The van der Waals surface area contributed by atoms with Gasteiger partial charge in [-0.3, -0.25) is 4.79 Å². The minimum atomic E-state index is 0.170. The number of hydrogen-bond acceptors (Lipinski definition) is 2. The summed E-state index contributed by atoms with van der Waals surface area (Å²) in [5.74, 6) is 0.170. The van der Waals surface area contributed by atoms with E-state index in [1.807, 2.05) is 30.3 Å². The number of unbranched alkanes of at least 4 members (excludes halogenated alkanes) is 2. The van der Waals surface area contributed by atoms with Gasteiger partial charge in [0.1, 0.15) is 0 Å². The first kappa shape index (κ1) is 10.5. The van der Waals surface area contributed by atoms with E-state index in [1.165, 1.54) is 0 Å².